The summed E-state index contributed by atoms with van der Waals surface area (Å²) in [6.07, 6.45) is 2.90. The fourth-order valence-electron chi connectivity index (χ4n) is 2.36. The van der Waals surface area contributed by atoms with E-state index in [4.69, 9.17) is 0 Å². The van der Waals surface area contributed by atoms with E-state index in [0.29, 0.717) is 0 Å². The molecule has 0 unspecified atom stereocenters. The van der Waals surface area contributed by atoms with E-state index in [1.54, 1.807) is 0 Å². The summed E-state index contributed by atoms with van der Waals surface area (Å²) in [6, 6.07) is 9.58. The number of sulfonamides is 2. The molecule has 0 saturated carbocycles. The Hall–Kier alpha value is -3.02. The van der Waals surface area contributed by atoms with Crippen molar-refractivity contribution in [3.63, 3.8) is 0 Å². The van der Waals surface area contributed by atoms with Gasteiger partial charge in [-0.15, -0.1) is 13.2 Å². The lowest BCUT2D eigenvalue weighted by Crippen LogP contribution is -2.31. The Morgan fingerprint density at radius 1 is 0.897 bits per heavy atom. The van der Waals surface area contributed by atoms with Gasteiger partial charge in [-0.25, -0.2) is 16.8 Å². The van der Waals surface area contributed by atoms with Crippen molar-refractivity contribution in [2.75, 3.05) is 17.8 Å². The van der Waals surface area contributed by atoms with Crippen LogP contribution < -0.4 is 4.72 Å². The molecule has 0 fully saturated rings. The number of nitrogens with zero attached hydrogens (tertiary/aromatic N) is 2. The van der Waals surface area contributed by atoms with Gasteiger partial charge >= 0.3 is 0 Å². The summed E-state index contributed by atoms with van der Waals surface area (Å²) < 4.78 is 53.6. The fraction of sp³-hybridized carbons (Fsp3) is 0.111. The lowest BCUT2D eigenvalue weighted by atomic mass is 10.3. The molecule has 0 radical (unpaired) electrons. The molecule has 0 saturated heterocycles. The molecular weight excluding hydrogens is 418 g/mol. The first kappa shape index (κ1) is 22.3. The van der Waals surface area contributed by atoms with Gasteiger partial charge in [0.1, 0.15) is 0 Å². The number of hydrogen-bond acceptors (Lipinski definition) is 6. The van der Waals surface area contributed by atoms with Crippen molar-refractivity contribution in [1.29, 1.82) is 0 Å². The summed E-state index contributed by atoms with van der Waals surface area (Å²) in [7, 11) is -7.80. The Morgan fingerprint density at radius 3 is 1.83 bits per heavy atom. The van der Waals surface area contributed by atoms with Crippen molar-refractivity contribution in [1.82, 2.24) is 4.31 Å². The zero-order valence-corrected chi connectivity index (χ0v) is 16.9. The first-order valence-corrected chi connectivity index (χ1v) is 11.1. The Kier molecular flexibility index (Phi) is 6.90. The quantitative estimate of drug-likeness (QED) is 0.346. The van der Waals surface area contributed by atoms with Crippen LogP contribution in [0.25, 0.3) is 0 Å². The number of hydrogen-bond donors (Lipinski definition) is 1. The third-order valence-corrected chi connectivity index (χ3v) is 7.01. The van der Waals surface area contributed by atoms with Crippen molar-refractivity contribution in [3.05, 3.63) is 84.0 Å². The molecule has 2 rings (SSSR count). The van der Waals surface area contributed by atoms with E-state index < -0.39 is 25.0 Å². The van der Waals surface area contributed by atoms with E-state index in [9.17, 15) is 26.9 Å². The second-order valence-corrected chi connectivity index (χ2v) is 9.40. The molecule has 0 aromatic heterocycles. The molecule has 2 aromatic rings. The van der Waals surface area contributed by atoms with Crippen molar-refractivity contribution in [2.24, 2.45) is 0 Å². The Balaban J connectivity index is 2.24. The van der Waals surface area contributed by atoms with E-state index in [1.165, 1.54) is 40.7 Å². The van der Waals surface area contributed by atoms with E-state index in [-0.39, 0.29) is 34.3 Å². The van der Waals surface area contributed by atoms with Gasteiger partial charge in [-0.05, 0) is 36.4 Å². The van der Waals surface area contributed by atoms with Gasteiger partial charge in [-0.2, -0.15) is 4.31 Å². The predicted octanol–water partition coefficient (Wildman–Crippen LogP) is 2.76. The molecule has 0 spiro atoms. The minimum Gasteiger partial charge on any atom is -0.280 e. The highest BCUT2D eigenvalue weighted by Crippen LogP contribution is 2.22. The molecule has 29 heavy (non-hydrogen) atoms. The van der Waals surface area contributed by atoms with Gasteiger partial charge in [-0.3, -0.25) is 14.8 Å². The van der Waals surface area contributed by atoms with Gasteiger partial charge < -0.3 is 0 Å². The lowest BCUT2D eigenvalue weighted by molar-refractivity contribution is -0.384. The number of nitro benzene ring substituents is 1. The average Bonchev–Trinajstić information content (AvgIpc) is 2.68. The van der Waals surface area contributed by atoms with Crippen LogP contribution in [0.15, 0.2) is 83.6 Å². The first-order chi connectivity index (χ1) is 13.6. The van der Waals surface area contributed by atoms with E-state index in [1.807, 2.05) is 0 Å². The molecule has 0 aliphatic carbocycles. The molecule has 11 heteroatoms. The van der Waals surface area contributed by atoms with Gasteiger partial charge in [0.15, 0.2) is 0 Å². The smallest absolute Gasteiger partial charge is 0.269 e. The number of nitro groups is 1. The van der Waals surface area contributed by atoms with Crippen LogP contribution in [0.4, 0.5) is 11.4 Å². The monoisotopic (exact) mass is 437 g/mol. The number of non-ortho nitro benzene ring substituents is 1. The van der Waals surface area contributed by atoms with Crippen LogP contribution in [0.1, 0.15) is 0 Å². The van der Waals surface area contributed by atoms with Crippen LogP contribution in [0.2, 0.25) is 0 Å². The van der Waals surface area contributed by atoms with Crippen LogP contribution in [0, 0.1) is 10.1 Å². The Morgan fingerprint density at radius 2 is 1.38 bits per heavy atom. The number of anilines is 1. The van der Waals surface area contributed by atoms with E-state index in [0.717, 1.165) is 24.3 Å². The Labute approximate surface area is 169 Å². The summed E-state index contributed by atoms with van der Waals surface area (Å²) in [5.41, 5.74) is -0.0941. The van der Waals surface area contributed by atoms with Crippen LogP contribution in [-0.4, -0.2) is 39.2 Å². The van der Waals surface area contributed by atoms with Crippen LogP contribution in [0.5, 0.6) is 0 Å². The maximum absolute atomic E-state index is 12.7. The fourth-order valence-corrected chi connectivity index (χ4v) is 4.80. The molecule has 0 aliphatic rings. The molecule has 0 bridgehead atoms. The summed E-state index contributed by atoms with van der Waals surface area (Å²) >= 11 is 0. The molecule has 0 heterocycles. The van der Waals surface area contributed by atoms with Crippen LogP contribution in [0.3, 0.4) is 0 Å². The molecule has 1 N–H and O–H groups in total. The number of rotatable bonds is 10. The maximum atomic E-state index is 12.7. The molecular formula is C18H19N3O6S2. The van der Waals surface area contributed by atoms with Gasteiger partial charge in [0.05, 0.1) is 14.7 Å². The SMILES string of the molecule is C=CCN(CC=C)S(=O)(=O)c1ccc(NS(=O)(=O)c2ccc([N+](=O)[O-])cc2)cc1. The predicted molar refractivity (Wildman–Crippen MR) is 109 cm³/mol. The zero-order chi connectivity index (χ0) is 21.7. The number of benzene rings is 2. The minimum atomic E-state index is -4.00. The number of nitrogens with one attached hydrogen (secondary N) is 1. The summed E-state index contributed by atoms with van der Waals surface area (Å²) in [4.78, 5) is 9.86. The minimum absolute atomic E-state index is 0.0144. The highest BCUT2D eigenvalue weighted by atomic mass is 32.2. The van der Waals surface area contributed by atoms with Crippen LogP contribution >= 0.6 is 0 Å². The second-order valence-electron chi connectivity index (χ2n) is 5.78. The summed E-state index contributed by atoms with van der Waals surface area (Å²) in [5, 5.41) is 10.7. The van der Waals surface area contributed by atoms with Crippen molar-refractivity contribution in [2.45, 2.75) is 9.79 Å². The first-order valence-electron chi connectivity index (χ1n) is 8.21. The highest BCUT2D eigenvalue weighted by molar-refractivity contribution is 7.92. The molecule has 154 valence electrons. The largest absolute Gasteiger partial charge is 0.280 e. The normalized spacial score (nSPS) is 11.8. The van der Waals surface area contributed by atoms with Gasteiger partial charge in [0.2, 0.25) is 10.0 Å². The second kappa shape index (κ2) is 8.99. The van der Waals surface area contributed by atoms with Crippen molar-refractivity contribution >= 4 is 31.4 Å². The van der Waals surface area contributed by atoms with Gasteiger partial charge in [0.25, 0.3) is 15.7 Å². The zero-order valence-electron chi connectivity index (χ0n) is 15.3. The summed E-state index contributed by atoms with van der Waals surface area (Å²) in [6.45, 7) is 7.27. The van der Waals surface area contributed by atoms with E-state index >= 15 is 0 Å². The molecule has 0 atom stereocenters. The molecule has 2 aromatic carbocycles. The summed E-state index contributed by atoms with van der Waals surface area (Å²) in [5.74, 6) is 0. The lowest BCUT2D eigenvalue weighted by Gasteiger charge is -2.19. The topological polar surface area (TPSA) is 127 Å². The van der Waals surface area contributed by atoms with Crippen LogP contribution in [-0.2, 0) is 20.0 Å². The Bertz CT molecular complexity index is 1100. The average molecular weight is 437 g/mol. The standard InChI is InChI=1S/C18H19N3O6S2/c1-3-13-20(14-4-2)29(26,27)18-9-5-15(6-10-18)19-28(24,25)17-11-7-16(8-12-17)21(22)23/h3-12,19H,1-2,13-14H2. The maximum Gasteiger partial charge on any atom is 0.269 e. The van der Waals surface area contributed by atoms with Gasteiger partial charge in [-0.1, -0.05) is 12.2 Å². The van der Waals surface area contributed by atoms with Crippen molar-refractivity contribution < 1.29 is 21.8 Å². The van der Waals surface area contributed by atoms with Gasteiger partial charge in [0, 0.05) is 30.9 Å². The highest BCUT2D eigenvalue weighted by Gasteiger charge is 2.23. The third kappa shape index (κ3) is 5.28. The molecule has 9 nitrogen and oxygen atoms in total. The van der Waals surface area contributed by atoms with Crippen molar-refractivity contribution in [3.8, 4) is 0 Å². The molecule has 0 amide bonds. The third-order valence-electron chi connectivity index (χ3n) is 3.77. The molecule has 0 aliphatic heterocycles. The van der Waals surface area contributed by atoms with E-state index in [2.05, 4.69) is 17.9 Å².